The highest BCUT2D eigenvalue weighted by Crippen LogP contribution is 2.02. The first-order chi connectivity index (χ1) is 3.18. The van der Waals surface area contributed by atoms with Crippen molar-refractivity contribution >= 4 is 15.2 Å². The van der Waals surface area contributed by atoms with Gasteiger partial charge < -0.3 is 5.11 Å². The van der Waals surface area contributed by atoms with E-state index in [1.54, 1.807) is 0 Å². The van der Waals surface area contributed by atoms with Crippen LogP contribution in [0, 0.1) is 0 Å². The van der Waals surface area contributed by atoms with E-state index < -0.39 is 5.97 Å². The van der Waals surface area contributed by atoms with Crippen LogP contribution >= 0.6 is 9.24 Å². The van der Waals surface area contributed by atoms with Gasteiger partial charge in [-0.3, -0.25) is 4.79 Å². The van der Waals surface area contributed by atoms with Crippen molar-refractivity contribution in [1.82, 2.24) is 0 Å². The van der Waals surface area contributed by atoms with E-state index in [0.29, 0.717) is 6.42 Å². The third-order valence-electron chi connectivity index (χ3n) is 0.757. The minimum Gasteiger partial charge on any atom is -0.481 e. The smallest absolute Gasteiger partial charge is 0.310 e. The van der Waals surface area contributed by atoms with Crippen LogP contribution < -0.4 is 0 Å². The second-order valence-electron chi connectivity index (χ2n) is 1.35. The fourth-order valence-corrected chi connectivity index (χ4v) is 0.175. The lowest BCUT2D eigenvalue weighted by Gasteiger charge is -1.96. The predicted molar refractivity (Wildman–Crippen MR) is 31.4 cm³/mol. The average Bonchev–Trinajstić information content (AvgIpc) is 1.65. The van der Waals surface area contributed by atoms with Crippen LogP contribution in [0.1, 0.15) is 13.3 Å². The minimum atomic E-state index is -0.743. The molecule has 0 aromatic carbocycles. The summed E-state index contributed by atoms with van der Waals surface area (Å²) in [6.07, 6.45) is 0.681. The molecule has 0 bridgehead atoms. The molecular formula is C4H9O2P. The highest BCUT2D eigenvalue weighted by molar-refractivity contribution is 7.19. The molecule has 42 valence electrons. The van der Waals surface area contributed by atoms with E-state index in [1.165, 1.54) is 0 Å². The molecule has 0 amide bonds. The maximum atomic E-state index is 9.91. The molecule has 0 aliphatic heterocycles. The van der Waals surface area contributed by atoms with E-state index in [4.69, 9.17) is 5.11 Å². The van der Waals surface area contributed by atoms with Gasteiger partial charge in [0.25, 0.3) is 0 Å². The zero-order valence-corrected chi connectivity index (χ0v) is 5.37. The molecule has 0 aromatic heterocycles. The lowest BCUT2D eigenvalue weighted by atomic mass is 10.3. The molecule has 0 heterocycles. The Hall–Kier alpha value is -0.100. The van der Waals surface area contributed by atoms with Crippen LogP contribution in [0.15, 0.2) is 0 Å². The van der Waals surface area contributed by atoms with Crippen LogP contribution in [0.2, 0.25) is 0 Å². The first-order valence-electron chi connectivity index (χ1n) is 2.17. The second-order valence-corrected chi connectivity index (χ2v) is 2.16. The summed E-state index contributed by atoms with van der Waals surface area (Å²) in [4.78, 5) is 9.91. The molecule has 0 radical (unpaired) electrons. The third-order valence-corrected chi connectivity index (χ3v) is 1.51. The highest BCUT2D eigenvalue weighted by atomic mass is 31.0. The van der Waals surface area contributed by atoms with Crippen LogP contribution in [0.25, 0.3) is 0 Å². The van der Waals surface area contributed by atoms with Gasteiger partial charge in [-0.25, -0.2) is 0 Å². The topological polar surface area (TPSA) is 37.3 Å². The van der Waals surface area contributed by atoms with Crippen LogP contribution in [0.4, 0.5) is 0 Å². The number of rotatable bonds is 2. The quantitative estimate of drug-likeness (QED) is 0.545. The first kappa shape index (κ1) is 6.90. The van der Waals surface area contributed by atoms with Gasteiger partial charge >= 0.3 is 5.97 Å². The molecule has 2 nitrogen and oxygen atoms in total. The Balaban J connectivity index is 3.34. The molecule has 1 N–H and O–H groups in total. The summed E-state index contributed by atoms with van der Waals surface area (Å²) in [5, 5.41) is 8.16. The fourth-order valence-electron chi connectivity index (χ4n) is 0.175. The van der Waals surface area contributed by atoms with Crippen molar-refractivity contribution in [2.45, 2.75) is 19.0 Å². The van der Waals surface area contributed by atoms with Crippen molar-refractivity contribution in [3.63, 3.8) is 0 Å². The van der Waals surface area contributed by atoms with Crippen LogP contribution in [0.5, 0.6) is 0 Å². The van der Waals surface area contributed by atoms with Crippen molar-refractivity contribution in [2.24, 2.45) is 0 Å². The van der Waals surface area contributed by atoms with E-state index in [0.717, 1.165) is 0 Å². The maximum absolute atomic E-state index is 9.91. The number of aliphatic carboxylic acids is 1. The summed E-state index contributed by atoms with van der Waals surface area (Å²) < 4.78 is 0. The molecule has 0 aliphatic carbocycles. The number of hydrogen-bond donors (Lipinski definition) is 1. The van der Waals surface area contributed by atoms with Gasteiger partial charge in [-0.1, -0.05) is 6.92 Å². The van der Waals surface area contributed by atoms with Gasteiger partial charge in [-0.2, -0.15) is 0 Å². The largest absolute Gasteiger partial charge is 0.481 e. The molecule has 0 saturated carbocycles. The summed E-state index contributed by atoms with van der Waals surface area (Å²) in [5.74, 6) is -0.743. The van der Waals surface area contributed by atoms with Gasteiger partial charge in [0, 0.05) is 0 Å². The summed E-state index contributed by atoms with van der Waals surface area (Å²) in [6.45, 7) is 1.84. The normalized spacial score (nSPS) is 13.4. The Labute approximate surface area is 45.1 Å². The van der Waals surface area contributed by atoms with Gasteiger partial charge in [-0.15, -0.1) is 9.24 Å². The Kier molecular flexibility index (Phi) is 2.93. The summed E-state index contributed by atoms with van der Waals surface area (Å²) >= 11 is 0. The SMILES string of the molecule is CCC(P)C(=O)O. The van der Waals surface area contributed by atoms with E-state index in [9.17, 15) is 4.79 Å². The molecule has 0 fully saturated rings. The molecule has 0 aromatic rings. The van der Waals surface area contributed by atoms with Crippen molar-refractivity contribution in [3.8, 4) is 0 Å². The van der Waals surface area contributed by atoms with Crippen LogP contribution in [-0.4, -0.2) is 16.7 Å². The van der Waals surface area contributed by atoms with E-state index in [-0.39, 0.29) is 5.66 Å². The molecule has 2 unspecified atom stereocenters. The van der Waals surface area contributed by atoms with Crippen molar-refractivity contribution in [2.75, 3.05) is 0 Å². The average molecular weight is 120 g/mol. The van der Waals surface area contributed by atoms with Crippen LogP contribution in [0.3, 0.4) is 0 Å². The number of carboxylic acids is 1. The summed E-state index contributed by atoms with van der Waals surface area (Å²) in [6, 6.07) is 0. The second kappa shape index (κ2) is 2.98. The molecular weight excluding hydrogens is 111 g/mol. The van der Waals surface area contributed by atoms with Gasteiger partial charge in [0.2, 0.25) is 0 Å². The summed E-state index contributed by atoms with van der Waals surface area (Å²) in [5.41, 5.74) is -0.264. The van der Waals surface area contributed by atoms with Crippen molar-refractivity contribution in [3.05, 3.63) is 0 Å². The first-order valence-corrected chi connectivity index (χ1v) is 2.83. The van der Waals surface area contributed by atoms with E-state index in [2.05, 4.69) is 9.24 Å². The Morgan fingerprint density at radius 2 is 2.43 bits per heavy atom. The van der Waals surface area contributed by atoms with Crippen LogP contribution in [-0.2, 0) is 4.79 Å². The Bertz CT molecular complexity index is 72.1. The molecule has 3 heteroatoms. The molecule has 0 saturated heterocycles. The third kappa shape index (κ3) is 2.58. The van der Waals surface area contributed by atoms with E-state index >= 15 is 0 Å². The highest BCUT2D eigenvalue weighted by Gasteiger charge is 2.05. The molecule has 7 heavy (non-hydrogen) atoms. The zero-order valence-electron chi connectivity index (χ0n) is 4.22. The zero-order chi connectivity index (χ0) is 5.86. The van der Waals surface area contributed by atoms with Gasteiger partial charge in [-0.05, 0) is 6.42 Å². The van der Waals surface area contributed by atoms with Gasteiger partial charge in [0.15, 0.2) is 0 Å². The number of hydrogen-bond acceptors (Lipinski definition) is 1. The molecule has 0 aliphatic rings. The Morgan fingerprint density at radius 1 is 2.00 bits per heavy atom. The predicted octanol–water partition coefficient (Wildman–Crippen LogP) is 0.725. The molecule has 0 rings (SSSR count). The lowest BCUT2D eigenvalue weighted by molar-refractivity contribution is -0.136. The van der Waals surface area contributed by atoms with Crippen molar-refractivity contribution < 1.29 is 9.90 Å². The molecule has 2 atom stereocenters. The van der Waals surface area contributed by atoms with E-state index in [1.807, 2.05) is 6.92 Å². The van der Waals surface area contributed by atoms with Crippen molar-refractivity contribution in [1.29, 1.82) is 0 Å². The van der Waals surface area contributed by atoms with Gasteiger partial charge in [0.1, 0.15) is 0 Å². The standard InChI is InChI=1S/C4H9O2P/c1-2-3(7)4(5)6/h3H,2,7H2,1H3,(H,5,6). The summed E-state index contributed by atoms with van der Waals surface area (Å²) in [7, 11) is 2.25. The minimum absolute atomic E-state index is 0.264. The monoisotopic (exact) mass is 120 g/mol. The maximum Gasteiger partial charge on any atom is 0.310 e. The number of carbonyl (C=O) groups is 1. The van der Waals surface area contributed by atoms with Gasteiger partial charge in [0.05, 0.1) is 5.66 Å². The molecule has 0 spiro atoms. The Morgan fingerprint density at radius 3 is 2.43 bits per heavy atom. The number of carboxylic acid groups (broad SMARTS) is 1. The fraction of sp³-hybridized carbons (Fsp3) is 0.750. The lowest BCUT2D eigenvalue weighted by Crippen LogP contribution is -2.09.